The van der Waals surface area contributed by atoms with Crippen LogP contribution in [0.15, 0.2) is 24.3 Å². The summed E-state index contributed by atoms with van der Waals surface area (Å²) in [5.41, 5.74) is 0. The molecule has 0 saturated carbocycles. The number of fused-ring (bicyclic) bond motifs is 1. The van der Waals surface area contributed by atoms with E-state index in [2.05, 4.69) is 5.32 Å². The summed E-state index contributed by atoms with van der Waals surface area (Å²) >= 11 is 7.68. The fourth-order valence-corrected chi connectivity index (χ4v) is 3.08. The Morgan fingerprint density at radius 2 is 1.94 bits per heavy atom. The molecule has 0 amide bonds. The number of alkyl halides is 3. The summed E-state index contributed by atoms with van der Waals surface area (Å²) in [4.78, 5) is 0.875. The second-order valence-electron chi connectivity index (χ2n) is 3.88. The van der Waals surface area contributed by atoms with Crippen LogP contribution in [0.3, 0.4) is 0 Å². The molecule has 2 rings (SSSR count). The molecule has 0 bridgehead atoms. The molecule has 0 aliphatic carbocycles. The van der Waals surface area contributed by atoms with Crippen molar-refractivity contribution in [3.63, 3.8) is 0 Å². The number of halogens is 4. The van der Waals surface area contributed by atoms with Gasteiger partial charge >= 0.3 is 6.18 Å². The molecular weight excluding hydrogens is 283 g/mol. The lowest BCUT2D eigenvalue weighted by molar-refractivity contribution is -0.133. The molecule has 0 aliphatic heterocycles. The first kappa shape index (κ1) is 13.6. The summed E-state index contributed by atoms with van der Waals surface area (Å²) in [5.74, 6) is 0. The fourth-order valence-electron chi connectivity index (χ4n) is 1.61. The van der Waals surface area contributed by atoms with Gasteiger partial charge in [-0.15, -0.1) is 11.3 Å². The Labute approximate surface area is 112 Å². The molecule has 0 radical (unpaired) electrons. The smallest absolute Gasteiger partial charge is 0.311 e. The highest BCUT2D eigenvalue weighted by Crippen LogP contribution is 2.34. The Balaban J connectivity index is 1.98. The van der Waals surface area contributed by atoms with Crippen LogP contribution in [0.2, 0.25) is 5.02 Å². The van der Waals surface area contributed by atoms with Crippen molar-refractivity contribution in [2.24, 2.45) is 0 Å². The lowest BCUT2D eigenvalue weighted by atomic mass is 10.2. The molecule has 1 N–H and O–H groups in total. The molecule has 1 nitrogen and oxygen atoms in total. The van der Waals surface area contributed by atoms with Crippen molar-refractivity contribution in [2.75, 3.05) is 6.54 Å². The molecule has 18 heavy (non-hydrogen) atoms. The number of thiophene rings is 1. The summed E-state index contributed by atoms with van der Waals surface area (Å²) in [6.45, 7) is 0.280. The quantitative estimate of drug-likeness (QED) is 0.813. The second kappa shape index (κ2) is 5.47. The highest BCUT2D eigenvalue weighted by molar-refractivity contribution is 7.19. The minimum atomic E-state index is -4.11. The van der Waals surface area contributed by atoms with E-state index < -0.39 is 12.6 Å². The molecule has 2 aromatic rings. The van der Waals surface area contributed by atoms with Crippen LogP contribution in [0.5, 0.6) is 0 Å². The van der Waals surface area contributed by atoms with E-state index in [1.54, 1.807) is 0 Å². The van der Waals surface area contributed by atoms with Crippen molar-refractivity contribution < 1.29 is 13.2 Å². The molecule has 0 unspecified atom stereocenters. The van der Waals surface area contributed by atoms with Gasteiger partial charge in [-0.05, 0) is 6.07 Å². The predicted molar refractivity (Wildman–Crippen MR) is 69.2 cm³/mol. The maximum absolute atomic E-state index is 12.0. The first-order valence-corrected chi connectivity index (χ1v) is 6.60. The number of hydrogen-bond acceptors (Lipinski definition) is 2. The van der Waals surface area contributed by atoms with E-state index in [9.17, 15) is 13.2 Å². The van der Waals surface area contributed by atoms with Crippen molar-refractivity contribution in [2.45, 2.75) is 19.1 Å². The van der Waals surface area contributed by atoms with E-state index in [4.69, 9.17) is 11.6 Å². The SMILES string of the molecule is FC(F)(F)CCNCc1sc2ccccc2c1Cl. The molecular formula is C12H11ClF3NS. The van der Waals surface area contributed by atoms with Crippen molar-refractivity contribution in [1.82, 2.24) is 5.32 Å². The number of benzene rings is 1. The Morgan fingerprint density at radius 3 is 2.61 bits per heavy atom. The Kier molecular flexibility index (Phi) is 4.14. The Bertz CT molecular complexity index is 536. The van der Waals surface area contributed by atoms with E-state index in [1.807, 2.05) is 24.3 Å². The second-order valence-corrected chi connectivity index (χ2v) is 5.39. The van der Waals surface area contributed by atoms with Crippen LogP contribution >= 0.6 is 22.9 Å². The fraction of sp³-hybridized carbons (Fsp3) is 0.333. The van der Waals surface area contributed by atoms with Gasteiger partial charge in [0.05, 0.1) is 11.4 Å². The molecule has 0 atom stereocenters. The predicted octanol–water partition coefficient (Wildman–Crippen LogP) is 4.60. The van der Waals surface area contributed by atoms with Gasteiger partial charge in [-0.3, -0.25) is 0 Å². The zero-order chi connectivity index (χ0) is 13.2. The summed E-state index contributed by atoms with van der Waals surface area (Å²) < 4.78 is 36.9. The third-order valence-corrected chi connectivity index (χ3v) is 4.19. The standard InChI is InChI=1S/C12H11ClF3NS/c13-11-8-3-1-2-4-9(8)18-10(11)7-17-6-5-12(14,15)16/h1-4,17H,5-7H2. The first-order valence-electron chi connectivity index (χ1n) is 5.41. The van der Waals surface area contributed by atoms with Gasteiger partial charge in [0.1, 0.15) is 0 Å². The molecule has 0 spiro atoms. The van der Waals surface area contributed by atoms with E-state index in [1.165, 1.54) is 11.3 Å². The van der Waals surface area contributed by atoms with E-state index >= 15 is 0 Å². The minimum absolute atomic E-state index is 0.0892. The zero-order valence-electron chi connectivity index (χ0n) is 9.35. The Morgan fingerprint density at radius 1 is 1.22 bits per heavy atom. The van der Waals surface area contributed by atoms with E-state index in [-0.39, 0.29) is 6.54 Å². The lowest BCUT2D eigenvalue weighted by Crippen LogP contribution is -2.21. The molecule has 98 valence electrons. The highest BCUT2D eigenvalue weighted by atomic mass is 35.5. The lowest BCUT2D eigenvalue weighted by Gasteiger charge is -2.06. The van der Waals surface area contributed by atoms with Crippen LogP contribution in [-0.4, -0.2) is 12.7 Å². The third kappa shape index (κ3) is 3.37. The molecule has 1 heterocycles. The zero-order valence-corrected chi connectivity index (χ0v) is 10.9. The van der Waals surface area contributed by atoms with Gasteiger partial charge < -0.3 is 5.32 Å². The maximum atomic E-state index is 12.0. The average Bonchev–Trinajstić information content (AvgIpc) is 2.62. The summed E-state index contributed by atoms with van der Waals surface area (Å²) in [6.07, 6.45) is -4.94. The normalized spacial score (nSPS) is 12.2. The van der Waals surface area contributed by atoms with Gasteiger partial charge in [-0.2, -0.15) is 13.2 Å². The van der Waals surface area contributed by atoms with Crippen molar-refractivity contribution in [1.29, 1.82) is 0 Å². The van der Waals surface area contributed by atoms with Crippen molar-refractivity contribution in [3.05, 3.63) is 34.2 Å². The van der Waals surface area contributed by atoms with Gasteiger partial charge in [0.25, 0.3) is 0 Å². The van der Waals surface area contributed by atoms with Crippen LogP contribution in [0.4, 0.5) is 13.2 Å². The summed E-state index contributed by atoms with van der Waals surface area (Å²) in [6, 6.07) is 7.66. The van der Waals surface area contributed by atoms with E-state index in [0.717, 1.165) is 15.0 Å². The van der Waals surface area contributed by atoms with Crippen LogP contribution in [0, 0.1) is 0 Å². The number of nitrogens with one attached hydrogen (secondary N) is 1. The minimum Gasteiger partial charge on any atom is -0.311 e. The van der Waals surface area contributed by atoms with Crippen LogP contribution in [0.1, 0.15) is 11.3 Å². The monoisotopic (exact) mass is 293 g/mol. The van der Waals surface area contributed by atoms with Gasteiger partial charge in [0, 0.05) is 28.1 Å². The van der Waals surface area contributed by atoms with Gasteiger partial charge in [-0.25, -0.2) is 0 Å². The highest BCUT2D eigenvalue weighted by Gasteiger charge is 2.26. The molecule has 0 aliphatic rings. The summed E-state index contributed by atoms with van der Waals surface area (Å²) in [7, 11) is 0. The number of rotatable bonds is 4. The topological polar surface area (TPSA) is 12.0 Å². The van der Waals surface area contributed by atoms with Crippen molar-refractivity contribution >= 4 is 33.0 Å². The molecule has 1 aromatic carbocycles. The molecule has 1 aromatic heterocycles. The third-order valence-electron chi connectivity index (χ3n) is 2.47. The molecule has 6 heteroatoms. The van der Waals surface area contributed by atoms with Crippen LogP contribution < -0.4 is 5.32 Å². The average molecular weight is 294 g/mol. The molecule has 0 fully saturated rings. The first-order chi connectivity index (χ1) is 8.47. The summed E-state index contributed by atoms with van der Waals surface area (Å²) in [5, 5.41) is 4.36. The number of hydrogen-bond donors (Lipinski definition) is 1. The van der Waals surface area contributed by atoms with Crippen LogP contribution in [0.25, 0.3) is 10.1 Å². The Hall–Kier alpha value is -0.780. The van der Waals surface area contributed by atoms with Gasteiger partial charge in [0.15, 0.2) is 0 Å². The van der Waals surface area contributed by atoms with Crippen LogP contribution in [-0.2, 0) is 6.54 Å². The van der Waals surface area contributed by atoms with Gasteiger partial charge in [0.2, 0.25) is 0 Å². The van der Waals surface area contributed by atoms with Gasteiger partial charge in [-0.1, -0.05) is 29.8 Å². The van der Waals surface area contributed by atoms with Crippen molar-refractivity contribution in [3.8, 4) is 0 Å². The molecule has 0 saturated heterocycles. The largest absolute Gasteiger partial charge is 0.390 e. The maximum Gasteiger partial charge on any atom is 0.390 e. The van der Waals surface area contributed by atoms with E-state index in [0.29, 0.717) is 11.6 Å².